The minimum absolute atomic E-state index is 0.0433. The Hall–Kier alpha value is -3.15. The molecule has 0 aliphatic carbocycles. The number of carbonyl (C=O) groups is 1. The fourth-order valence-corrected chi connectivity index (χ4v) is 4.01. The third kappa shape index (κ3) is 4.70. The molecule has 3 aromatic rings. The van der Waals surface area contributed by atoms with Crippen molar-refractivity contribution in [3.8, 4) is 0 Å². The van der Waals surface area contributed by atoms with Crippen molar-refractivity contribution in [3.63, 3.8) is 0 Å². The highest BCUT2D eigenvalue weighted by molar-refractivity contribution is 5.78. The first-order valence-electron chi connectivity index (χ1n) is 10.8. The van der Waals surface area contributed by atoms with Gasteiger partial charge in [-0.15, -0.1) is 0 Å². The first-order valence-corrected chi connectivity index (χ1v) is 10.8. The molecule has 1 fully saturated rings. The van der Waals surface area contributed by atoms with Gasteiger partial charge in [0.2, 0.25) is 5.91 Å². The van der Waals surface area contributed by atoms with Crippen LogP contribution in [0.2, 0.25) is 0 Å². The zero-order chi connectivity index (χ0) is 20.8. The maximum absolute atomic E-state index is 13.2. The predicted octanol–water partition coefficient (Wildman–Crippen LogP) is 3.14. The van der Waals surface area contributed by atoms with Gasteiger partial charge in [-0.05, 0) is 43.4 Å². The lowest BCUT2D eigenvalue weighted by molar-refractivity contribution is -0.121. The summed E-state index contributed by atoms with van der Waals surface area (Å²) < 4.78 is 1.71. The smallest absolute Gasteiger partial charge is 0.294 e. The average molecular weight is 405 g/mol. The molecule has 0 radical (unpaired) electrons. The molecule has 0 saturated carbocycles. The predicted molar refractivity (Wildman–Crippen MR) is 120 cm³/mol. The van der Waals surface area contributed by atoms with Gasteiger partial charge in [0.05, 0.1) is 11.0 Å². The zero-order valence-electron chi connectivity index (χ0n) is 17.2. The van der Waals surface area contributed by atoms with E-state index in [0.717, 1.165) is 43.4 Å². The fraction of sp³-hybridized carbons (Fsp3) is 0.375. The van der Waals surface area contributed by atoms with Crippen LogP contribution in [0.3, 0.4) is 0 Å². The van der Waals surface area contributed by atoms with E-state index in [2.05, 4.69) is 27.3 Å². The van der Waals surface area contributed by atoms with Crippen LogP contribution < -0.4 is 15.8 Å². The Morgan fingerprint density at radius 3 is 2.50 bits per heavy atom. The number of hydrogen-bond acceptors (Lipinski definition) is 4. The van der Waals surface area contributed by atoms with Gasteiger partial charge in [-0.25, -0.2) is 4.98 Å². The molecule has 2 aromatic carbocycles. The number of carbonyl (C=O) groups excluding carboxylic acids is 1. The van der Waals surface area contributed by atoms with E-state index in [-0.39, 0.29) is 17.9 Å². The van der Waals surface area contributed by atoms with E-state index in [9.17, 15) is 9.59 Å². The molecule has 1 saturated heterocycles. The van der Waals surface area contributed by atoms with Crippen molar-refractivity contribution in [2.24, 2.45) is 0 Å². The number of hydrogen-bond donors (Lipinski definition) is 1. The second-order valence-electron chi connectivity index (χ2n) is 7.76. The fourth-order valence-electron chi connectivity index (χ4n) is 4.01. The highest BCUT2D eigenvalue weighted by atomic mass is 16.2. The summed E-state index contributed by atoms with van der Waals surface area (Å²) in [4.78, 5) is 32.4. The summed E-state index contributed by atoms with van der Waals surface area (Å²) in [6.45, 7) is 2.66. The molecule has 6 nitrogen and oxygen atoms in total. The summed E-state index contributed by atoms with van der Waals surface area (Å²) >= 11 is 0. The summed E-state index contributed by atoms with van der Waals surface area (Å²) in [5.41, 5.74) is 2.66. The summed E-state index contributed by atoms with van der Waals surface area (Å²) in [5.74, 6) is 0.469. The highest BCUT2D eigenvalue weighted by Gasteiger charge is 2.19. The largest absolute Gasteiger partial charge is 0.356 e. The van der Waals surface area contributed by atoms with Crippen LogP contribution in [-0.4, -0.2) is 35.1 Å². The number of amides is 1. The minimum atomic E-state index is -0.104. The summed E-state index contributed by atoms with van der Waals surface area (Å²) in [6.07, 6.45) is 4.42. The lowest BCUT2D eigenvalue weighted by Crippen LogP contribution is -2.37. The summed E-state index contributed by atoms with van der Waals surface area (Å²) in [7, 11) is 0. The SMILES string of the molecule is O=C(CCn1c(=O)c(N2CCCCC2)nc2ccccc21)NCCc1ccccc1. The number of benzene rings is 2. The Bertz CT molecular complexity index is 1060. The number of piperidine rings is 1. The van der Waals surface area contributed by atoms with E-state index >= 15 is 0 Å². The molecule has 1 amide bonds. The number of nitrogens with one attached hydrogen (secondary N) is 1. The van der Waals surface area contributed by atoms with Crippen LogP contribution >= 0.6 is 0 Å². The van der Waals surface area contributed by atoms with Gasteiger partial charge in [0.25, 0.3) is 5.56 Å². The quantitative estimate of drug-likeness (QED) is 0.657. The van der Waals surface area contributed by atoms with Gasteiger partial charge in [-0.3, -0.25) is 9.59 Å². The van der Waals surface area contributed by atoms with E-state index in [1.54, 1.807) is 4.57 Å². The van der Waals surface area contributed by atoms with Crippen LogP contribution in [0.25, 0.3) is 11.0 Å². The molecule has 1 aliphatic rings. The second-order valence-corrected chi connectivity index (χ2v) is 7.76. The number of fused-ring (bicyclic) bond motifs is 1. The molecule has 1 aromatic heterocycles. The Balaban J connectivity index is 1.46. The van der Waals surface area contributed by atoms with E-state index in [4.69, 9.17) is 0 Å². The Morgan fingerprint density at radius 2 is 1.70 bits per heavy atom. The van der Waals surface area contributed by atoms with Gasteiger partial charge < -0.3 is 14.8 Å². The molecule has 2 heterocycles. The van der Waals surface area contributed by atoms with Crippen LogP contribution in [0, 0.1) is 0 Å². The highest BCUT2D eigenvalue weighted by Crippen LogP contribution is 2.18. The summed E-state index contributed by atoms with van der Waals surface area (Å²) in [6, 6.07) is 17.7. The molecule has 1 N–H and O–H groups in total. The van der Waals surface area contributed by atoms with Crippen molar-refractivity contribution >= 4 is 22.8 Å². The van der Waals surface area contributed by atoms with E-state index in [1.165, 1.54) is 12.0 Å². The number of para-hydroxylation sites is 2. The van der Waals surface area contributed by atoms with Crippen LogP contribution in [0.15, 0.2) is 59.4 Å². The number of aromatic nitrogens is 2. The third-order valence-corrected chi connectivity index (χ3v) is 5.63. The van der Waals surface area contributed by atoms with Gasteiger partial charge in [0.15, 0.2) is 5.82 Å². The van der Waals surface area contributed by atoms with Crippen molar-refractivity contribution in [1.82, 2.24) is 14.9 Å². The van der Waals surface area contributed by atoms with Crippen molar-refractivity contribution in [2.75, 3.05) is 24.5 Å². The Kier molecular flexibility index (Phi) is 6.42. The second kappa shape index (κ2) is 9.57. The lowest BCUT2D eigenvalue weighted by Gasteiger charge is -2.27. The molecule has 0 unspecified atom stereocenters. The van der Waals surface area contributed by atoms with E-state index in [0.29, 0.717) is 18.9 Å². The van der Waals surface area contributed by atoms with Gasteiger partial charge in [-0.2, -0.15) is 0 Å². The molecular formula is C24H28N4O2. The summed E-state index contributed by atoms with van der Waals surface area (Å²) in [5, 5.41) is 2.97. The average Bonchev–Trinajstić information content (AvgIpc) is 2.79. The first kappa shape index (κ1) is 20.1. The van der Waals surface area contributed by atoms with Crippen LogP contribution in [0.4, 0.5) is 5.82 Å². The number of nitrogens with zero attached hydrogens (tertiary/aromatic N) is 3. The molecule has 1 aliphatic heterocycles. The molecule has 6 heteroatoms. The van der Waals surface area contributed by atoms with E-state index < -0.39 is 0 Å². The van der Waals surface area contributed by atoms with Crippen LogP contribution in [0.1, 0.15) is 31.2 Å². The van der Waals surface area contributed by atoms with Crippen molar-refractivity contribution in [2.45, 2.75) is 38.6 Å². The molecular weight excluding hydrogens is 376 g/mol. The lowest BCUT2D eigenvalue weighted by atomic mass is 10.1. The maximum Gasteiger partial charge on any atom is 0.294 e. The zero-order valence-corrected chi connectivity index (χ0v) is 17.2. The van der Waals surface area contributed by atoms with Gasteiger partial charge in [0.1, 0.15) is 0 Å². The van der Waals surface area contributed by atoms with Crippen LogP contribution in [0.5, 0.6) is 0 Å². The maximum atomic E-state index is 13.2. The molecule has 0 bridgehead atoms. The number of aryl methyl sites for hydroxylation is 1. The molecule has 4 rings (SSSR count). The minimum Gasteiger partial charge on any atom is -0.356 e. The standard InChI is InChI=1S/C24H28N4O2/c29-22(25-15-13-19-9-3-1-4-10-19)14-18-28-21-12-6-5-11-20(21)26-23(24(28)30)27-16-7-2-8-17-27/h1,3-6,9-12H,2,7-8,13-18H2,(H,25,29). The topological polar surface area (TPSA) is 67.2 Å². The third-order valence-electron chi connectivity index (χ3n) is 5.63. The monoisotopic (exact) mass is 404 g/mol. The normalized spacial score (nSPS) is 14.1. The van der Waals surface area contributed by atoms with Crippen molar-refractivity contribution < 1.29 is 4.79 Å². The molecule has 0 spiro atoms. The molecule has 0 atom stereocenters. The molecule has 156 valence electrons. The van der Waals surface area contributed by atoms with Gasteiger partial charge >= 0.3 is 0 Å². The molecule has 30 heavy (non-hydrogen) atoms. The van der Waals surface area contributed by atoms with Crippen LogP contribution in [-0.2, 0) is 17.8 Å². The number of rotatable bonds is 7. The van der Waals surface area contributed by atoms with Gasteiger partial charge in [-0.1, -0.05) is 42.5 Å². The Labute approximate surface area is 176 Å². The first-order chi connectivity index (χ1) is 14.7. The van der Waals surface area contributed by atoms with Gasteiger partial charge in [0, 0.05) is 32.6 Å². The Morgan fingerprint density at radius 1 is 0.967 bits per heavy atom. The van der Waals surface area contributed by atoms with Crippen molar-refractivity contribution in [1.29, 1.82) is 0 Å². The van der Waals surface area contributed by atoms with Crippen molar-refractivity contribution in [3.05, 3.63) is 70.5 Å². The number of anilines is 1. The van der Waals surface area contributed by atoms with E-state index in [1.807, 2.05) is 42.5 Å².